The molecule has 1 heterocycles. The smallest absolute Gasteiger partial charge is 0.192 e. The van der Waals surface area contributed by atoms with Crippen LogP contribution in [0, 0.1) is 6.92 Å². The van der Waals surface area contributed by atoms with Crippen LogP contribution in [-0.2, 0) is 23.1 Å². The van der Waals surface area contributed by atoms with Gasteiger partial charge in [-0.1, -0.05) is 0 Å². The van der Waals surface area contributed by atoms with E-state index in [1.807, 2.05) is 25.5 Å². The largest absolute Gasteiger partial charge is 0.383 e. The molecule has 1 aromatic heterocycles. The van der Waals surface area contributed by atoms with E-state index in [2.05, 4.69) is 25.8 Å². The highest BCUT2D eigenvalue weighted by Crippen LogP contribution is 1.99. The molecule has 0 saturated heterocycles. The summed E-state index contributed by atoms with van der Waals surface area (Å²) in [6.07, 6.45) is 0. The van der Waals surface area contributed by atoms with Gasteiger partial charge >= 0.3 is 0 Å². The van der Waals surface area contributed by atoms with Crippen molar-refractivity contribution in [1.82, 2.24) is 25.4 Å². The van der Waals surface area contributed by atoms with Crippen molar-refractivity contribution in [3.05, 3.63) is 11.6 Å². The third-order valence-corrected chi connectivity index (χ3v) is 2.96. The van der Waals surface area contributed by atoms with Gasteiger partial charge in [0, 0.05) is 33.9 Å². The molecule has 0 spiro atoms. The highest BCUT2D eigenvalue weighted by atomic mass is 127. The molecule has 0 aliphatic heterocycles. The lowest BCUT2D eigenvalue weighted by atomic mass is 10.4. The number of ether oxygens (including phenoxy) is 2. The van der Waals surface area contributed by atoms with Crippen molar-refractivity contribution in [2.75, 3.05) is 34.0 Å². The molecule has 0 bridgehead atoms. The summed E-state index contributed by atoms with van der Waals surface area (Å²) in [6, 6.07) is 0.157. The van der Waals surface area contributed by atoms with Gasteiger partial charge in [-0.2, -0.15) is 0 Å². The van der Waals surface area contributed by atoms with Crippen LogP contribution in [0.2, 0.25) is 0 Å². The number of methoxy groups -OCH3 is 2. The van der Waals surface area contributed by atoms with Gasteiger partial charge in [-0.15, -0.1) is 34.2 Å². The summed E-state index contributed by atoms with van der Waals surface area (Å²) >= 11 is 0. The molecular formula is C13H27IN6O2. The predicted molar refractivity (Wildman–Crippen MR) is 96.6 cm³/mol. The number of aliphatic imine (C=N–C) groups is 1. The molecule has 0 saturated carbocycles. The lowest BCUT2D eigenvalue weighted by molar-refractivity contribution is 0.178. The standard InChI is InChI=1S/C13H26N6O2.HI/c1-10(9-21-5)16-13(14-6-7-20-4)15-8-12-18-17-11(2)19(12)3;/h10H,6-9H2,1-5H3,(H2,14,15,16);1H. The van der Waals surface area contributed by atoms with Crippen molar-refractivity contribution >= 4 is 29.9 Å². The summed E-state index contributed by atoms with van der Waals surface area (Å²) in [5.41, 5.74) is 0. The van der Waals surface area contributed by atoms with Crippen LogP contribution in [0.3, 0.4) is 0 Å². The number of nitrogens with zero attached hydrogens (tertiary/aromatic N) is 4. The Labute approximate surface area is 149 Å². The fraction of sp³-hybridized carbons (Fsp3) is 0.769. The second-order valence-electron chi connectivity index (χ2n) is 4.81. The molecular weight excluding hydrogens is 399 g/mol. The molecule has 1 aromatic rings. The molecule has 1 rings (SSSR count). The van der Waals surface area contributed by atoms with Gasteiger partial charge in [0.05, 0.1) is 13.2 Å². The number of guanidine groups is 1. The van der Waals surface area contributed by atoms with Crippen LogP contribution in [0.1, 0.15) is 18.6 Å². The average molecular weight is 426 g/mol. The molecule has 1 atom stereocenters. The molecule has 0 fully saturated rings. The van der Waals surface area contributed by atoms with E-state index in [0.29, 0.717) is 32.3 Å². The molecule has 2 N–H and O–H groups in total. The Balaban J connectivity index is 0.00000441. The predicted octanol–water partition coefficient (Wildman–Crippen LogP) is 0.458. The molecule has 0 amide bonds. The van der Waals surface area contributed by atoms with Crippen molar-refractivity contribution in [2.24, 2.45) is 12.0 Å². The minimum atomic E-state index is 0. The summed E-state index contributed by atoms with van der Waals surface area (Å²) < 4.78 is 12.1. The van der Waals surface area contributed by atoms with Crippen LogP contribution in [-0.4, -0.2) is 60.7 Å². The molecule has 8 nitrogen and oxygen atoms in total. The summed E-state index contributed by atoms with van der Waals surface area (Å²) in [5.74, 6) is 2.40. The van der Waals surface area contributed by atoms with Crippen molar-refractivity contribution < 1.29 is 9.47 Å². The second kappa shape index (κ2) is 11.6. The van der Waals surface area contributed by atoms with E-state index >= 15 is 0 Å². The SMILES string of the molecule is COCCNC(=NCc1nnc(C)n1C)NC(C)COC.I. The second-order valence-corrected chi connectivity index (χ2v) is 4.81. The van der Waals surface area contributed by atoms with E-state index in [-0.39, 0.29) is 30.0 Å². The average Bonchev–Trinajstić information content (AvgIpc) is 2.76. The highest BCUT2D eigenvalue weighted by molar-refractivity contribution is 14.0. The molecule has 9 heteroatoms. The normalized spacial score (nSPS) is 12.7. The first kappa shape index (κ1) is 21.1. The van der Waals surface area contributed by atoms with Gasteiger partial charge in [-0.05, 0) is 13.8 Å². The lowest BCUT2D eigenvalue weighted by Gasteiger charge is -2.17. The summed E-state index contributed by atoms with van der Waals surface area (Å²) in [5, 5.41) is 14.6. The Morgan fingerprint density at radius 2 is 2.05 bits per heavy atom. The first-order valence-electron chi connectivity index (χ1n) is 6.96. The Kier molecular flexibility index (Phi) is 11.1. The van der Waals surface area contributed by atoms with Crippen LogP contribution in [0.4, 0.5) is 0 Å². The topological polar surface area (TPSA) is 85.6 Å². The van der Waals surface area contributed by atoms with Gasteiger partial charge in [-0.25, -0.2) is 4.99 Å². The van der Waals surface area contributed by atoms with Gasteiger partial charge < -0.3 is 24.7 Å². The number of nitrogens with one attached hydrogen (secondary N) is 2. The zero-order chi connectivity index (χ0) is 15.7. The van der Waals surface area contributed by atoms with Gasteiger partial charge in [0.2, 0.25) is 0 Å². The quantitative estimate of drug-likeness (QED) is 0.272. The third-order valence-electron chi connectivity index (χ3n) is 2.96. The first-order chi connectivity index (χ1) is 10.1. The number of hydrogen-bond donors (Lipinski definition) is 2. The molecule has 0 radical (unpaired) electrons. The minimum Gasteiger partial charge on any atom is -0.383 e. The summed E-state index contributed by atoms with van der Waals surface area (Å²) in [7, 11) is 5.27. The Morgan fingerprint density at radius 1 is 1.32 bits per heavy atom. The first-order valence-corrected chi connectivity index (χ1v) is 6.96. The molecule has 1 unspecified atom stereocenters. The van der Waals surface area contributed by atoms with Crippen molar-refractivity contribution in [1.29, 1.82) is 0 Å². The highest BCUT2D eigenvalue weighted by Gasteiger charge is 2.07. The van der Waals surface area contributed by atoms with Gasteiger partial charge in [-0.3, -0.25) is 0 Å². The van der Waals surface area contributed by atoms with Crippen molar-refractivity contribution in [3.8, 4) is 0 Å². The maximum atomic E-state index is 5.12. The number of aryl methyl sites for hydroxylation is 1. The van der Waals surface area contributed by atoms with Gasteiger partial charge in [0.15, 0.2) is 11.8 Å². The Morgan fingerprint density at radius 3 is 2.59 bits per heavy atom. The van der Waals surface area contributed by atoms with Gasteiger partial charge in [0.1, 0.15) is 12.4 Å². The zero-order valence-electron chi connectivity index (χ0n) is 13.9. The van der Waals surface area contributed by atoms with Crippen LogP contribution < -0.4 is 10.6 Å². The van der Waals surface area contributed by atoms with Crippen molar-refractivity contribution in [3.63, 3.8) is 0 Å². The fourth-order valence-electron chi connectivity index (χ4n) is 1.69. The van der Waals surface area contributed by atoms with Crippen LogP contribution >= 0.6 is 24.0 Å². The number of rotatable bonds is 8. The fourth-order valence-corrected chi connectivity index (χ4v) is 1.69. The van der Waals surface area contributed by atoms with E-state index in [1.54, 1.807) is 14.2 Å². The minimum absolute atomic E-state index is 0. The lowest BCUT2D eigenvalue weighted by Crippen LogP contribution is -2.45. The number of hydrogen-bond acceptors (Lipinski definition) is 5. The Hall–Kier alpha value is -0.940. The van der Waals surface area contributed by atoms with E-state index in [0.717, 1.165) is 11.6 Å². The summed E-state index contributed by atoms with van der Waals surface area (Å²) in [6.45, 7) is 6.30. The van der Waals surface area contributed by atoms with Crippen LogP contribution in [0.25, 0.3) is 0 Å². The zero-order valence-corrected chi connectivity index (χ0v) is 16.2. The summed E-state index contributed by atoms with van der Waals surface area (Å²) in [4.78, 5) is 4.52. The van der Waals surface area contributed by atoms with E-state index in [4.69, 9.17) is 9.47 Å². The maximum Gasteiger partial charge on any atom is 0.192 e. The van der Waals surface area contributed by atoms with E-state index < -0.39 is 0 Å². The van der Waals surface area contributed by atoms with Crippen molar-refractivity contribution in [2.45, 2.75) is 26.4 Å². The molecule has 22 heavy (non-hydrogen) atoms. The maximum absolute atomic E-state index is 5.12. The molecule has 0 aliphatic carbocycles. The monoisotopic (exact) mass is 426 g/mol. The van der Waals surface area contributed by atoms with Gasteiger partial charge in [0.25, 0.3) is 0 Å². The third kappa shape index (κ3) is 7.36. The Bertz CT molecular complexity index is 452. The van der Waals surface area contributed by atoms with Crippen LogP contribution in [0.5, 0.6) is 0 Å². The van der Waals surface area contributed by atoms with E-state index in [9.17, 15) is 0 Å². The molecule has 0 aliphatic rings. The number of halogens is 1. The number of aromatic nitrogens is 3. The molecule has 128 valence electrons. The van der Waals surface area contributed by atoms with Crippen LogP contribution in [0.15, 0.2) is 4.99 Å². The van der Waals surface area contributed by atoms with E-state index in [1.165, 1.54) is 0 Å². The molecule has 0 aromatic carbocycles.